The Balaban J connectivity index is 2.24. The molecule has 1 aromatic heterocycles. The number of hydrogen-bond donors (Lipinski definition) is 0. The minimum atomic E-state index is -3.21. The fraction of sp³-hybridized carbons (Fsp3) is 0.333. The maximum absolute atomic E-state index is 11.6. The average Bonchev–Trinajstić information content (AvgIpc) is 2.19. The van der Waals surface area contributed by atoms with Crippen molar-refractivity contribution >= 4 is 37.5 Å². The average molecular weight is 305 g/mol. The van der Waals surface area contributed by atoms with Crippen molar-refractivity contribution < 1.29 is 13.2 Å². The third kappa shape index (κ3) is 2.41. The summed E-state index contributed by atoms with van der Waals surface area (Å²) in [5, 5.41) is 0. The van der Waals surface area contributed by atoms with Gasteiger partial charge in [-0.2, -0.15) is 0 Å². The Morgan fingerprint density at radius 2 is 2.12 bits per heavy atom. The van der Waals surface area contributed by atoms with Crippen LogP contribution < -0.4 is 4.90 Å². The molecule has 0 radical (unpaired) electrons. The highest BCUT2D eigenvalue weighted by molar-refractivity contribution is 9.10. The Bertz CT molecular complexity index is 512. The minimum absolute atomic E-state index is 0.00349. The number of nitrogens with zero attached hydrogens (tertiary/aromatic N) is 2. The molecule has 1 aliphatic heterocycles. The number of carbonyl (C=O) groups excluding carboxylic acids is 1. The fourth-order valence-corrected chi connectivity index (χ4v) is 2.83. The number of anilines is 1. The van der Waals surface area contributed by atoms with Gasteiger partial charge in [0.25, 0.3) is 0 Å². The molecule has 0 atom stereocenters. The second kappa shape index (κ2) is 4.14. The first-order chi connectivity index (χ1) is 7.48. The van der Waals surface area contributed by atoms with E-state index < -0.39 is 21.5 Å². The molecule has 1 aromatic rings. The Morgan fingerprint density at radius 1 is 1.38 bits per heavy atom. The normalized spacial score (nSPS) is 19.8. The maximum atomic E-state index is 11.6. The summed E-state index contributed by atoms with van der Waals surface area (Å²) in [5.41, 5.74) is 0. The SMILES string of the molecule is O=C1CS(=O)(=O)CCN1c1ccc(Br)cn1. The molecule has 1 aliphatic rings. The van der Waals surface area contributed by atoms with Gasteiger partial charge in [0.1, 0.15) is 11.6 Å². The highest BCUT2D eigenvalue weighted by Gasteiger charge is 2.29. The largest absolute Gasteiger partial charge is 0.295 e. The Kier molecular flexibility index (Phi) is 2.98. The lowest BCUT2D eigenvalue weighted by molar-refractivity contribution is -0.116. The number of hydrogen-bond acceptors (Lipinski definition) is 4. The second-order valence-electron chi connectivity index (χ2n) is 3.47. The zero-order chi connectivity index (χ0) is 11.8. The predicted molar refractivity (Wildman–Crippen MR) is 62.9 cm³/mol. The standard InChI is InChI=1S/C9H9BrN2O3S/c10-7-1-2-8(11-5-7)12-3-4-16(14,15)6-9(12)13/h1-2,5H,3-4,6H2. The third-order valence-corrected chi connectivity index (χ3v) is 4.22. The summed E-state index contributed by atoms with van der Waals surface area (Å²) in [6.07, 6.45) is 1.58. The highest BCUT2D eigenvalue weighted by atomic mass is 79.9. The number of rotatable bonds is 1. The van der Waals surface area contributed by atoms with E-state index in [-0.39, 0.29) is 12.3 Å². The number of sulfone groups is 1. The molecule has 2 rings (SSSR count). The van der Waals surface area contributed by atoms with Gasteiger partial charge in [-0.25, -0.2) is 13.4 Å². The molecule has 1 amide bonds. The molecule has 0 bridgehead atoms. The van der Waals surface area contributed by atoms with Crippen LogP contribution in [-0.2, 0) is 14.6 Å². The topological polar surface area (TPSA) is 67.3 Å². The quantitative estimate of drug-likeness (QED) is 0.762. The van der Waals surface area contributed by atoms with E-state index in [0.717, 1.165) is 4.47 Å². The van der Waals surface area contributed by atoms with Gasteiger partial charge in [0.2, 0.25) is 5.91 Å². The number of carbonyl (C=O) groups is 1. The number of amides is 1. The van der Waals surface area contributed by atoms with Gasteiger partial charge in [-0.3, -0.25) is 9.69 Å². The summed E-state index contributed by atoms with van der Waals surface area (Å²) in [7, 11) is -3.21. The zero-order valence-corrected chi connectivity index (χ0v) is 10.7. The number of aromatic nitrogens is 1. The van der Waals surface area contributed by atoms with Crippen LogP contribution in [0.4, 0.5) is 5.82 Å². The van der Waals surface area contributed by atoms with Gasteiger partial charge in [0, 0.05) is 17.2 Å². The first-order valence-corrected chi connectivity index (χ1v) is 7.22. The Labute approximate surface area is 102 Å². The lowest BCUT2D eigenvalue weighted by Crippen LogP contribution is -2.45. The van der Waals surface area contributed by atoms with Gasteiger partial charge >= 0.3 is 0 Å². The van der Waals surface area contributed by atoms with Crippen molar-refractivity contribution in [2.75, 3.05) is 23.0 Å². The highest BCUT2D eigenvalue weighted by Crippen LogP contribution is 2.17. The van der Waals surface area contributed by atoms with Crippen molar-refractivity contribution in [2.45, 2.75) is 0 Å². The van der Waals surface area contributed by atoms with E-state index in [9.17, 15) is 13.2 Å². The van der Waals surface area contributed by atoms with Crippen LogP contribution in [0.2, 0.25) is 0 Å². The number of halogens is 1. The first-order valence-electron chi connectivity index (χ1n) is 4.60. The predicted octanol–water partition coefficient (Wildman–Crippen LogP) is 0.605. The molecule has 0 aliphatic carbocycles. The molecule has 0 N–H and O–H groups in total. The Morgan fingerprint density at radius 3 is 2.69 bits per heavy atom. The molecule has 86 valence electrons. The van der Waals surface area contributed by atoms with Crippen LogP contribution >= 0.6 is 15.9 Å². The summed E-state index contributed by atoms with van der Waals surface area (Å²) in [6, 6.07) is 3.44. The Hall–Kier alpha value is -0.950. The third-order valence-electron chi connectivity index (χ3n) is 2.26. The molecule has 1 fully saturated rings. The van der Waals surface area contributed by atoms with Crippen LogP contribution in [0.5, 0.6) is 0 Å². The second-order valence-corrected chi connectivity index (χ2v) is 6.57. The van der Waals surface area contributed by atoms with Crippen molar-refractivity contribution in [1.82, 2.24) is 4.98 Å². The van der Waals surface area contributed by atoms with Gasteiger partial charge in [-0.1, -0.05) is 0 Å². The van der Waals surface area contributed by atoms with Gasteiger partial charge in [0.15, 0.2) is 9.84 Å². The number of pyridine rings is 1. The molecule has 7 heteroatoms. The van der Waals surface area contributed by atoms with Crippen molar-refractivity contribution in [2.24, 2.45) is 0 Å². The summed E-state index contributed by atoms with van der Waals surface area (Å²) in [4.78, 5) is 17.1. The smallest absolute Gasteiger partial charge is 0.243 e. The van der Waals surface area contributed by atoms with E-state index in [4.69, 9.17) is 0 Å². The van der Waals surface area contributed by atoms with Crippen LogP contribution in [0, 0.1) is 0 Å². The maximum Gasteiger partial charge on any atom is 0.243 e. The van der Waals surface area contributed by atoms with Crippen LogP contribution in [-0.4, -0.2) is 37.4 Å². The van der Waals surface area contributed by atoms with Crippen molar-refractivity contribution in [3.63, 3.8) is 0 Å². The molecule has 0 unspecified atom stereocenters. The fourth-order valence-electron chi connectivity index (χ4n) is 1.46. The molecule has 0 saturated carbocycles. The van der Waals surface area contributed by atoms with Crippen LogP contribution in [0.15, 0.2) is 22.8 Å². The van der Waals surface area contributed by atoms with E-state index in [1.54, 1.807) is 18.3 Å². The van der Waals surface area contributed by atoms with Crippen LogP contribution in [0.25, 0.3) is 0 Å². The van der Waals surface area contributed by atoms with Crippen molar-refractivity contribution in [1.29, 1.82) is 0 Å². The van der Waals surface area contributed by atoms with Crippen LogP contribution in [0.1, 0.15) is 0 Å². The van der Waals surface area contributed by atoms with E-state index in [0.29, 0.717) is 5.82 Å². The molecule has 0 spiro atoms. The van der Waals surface area contributed by atoms with E-state index in [1.807, 2.05) is 0 Å². The van der Waals surface area contributed by atoms with Gasteiger partial charge in [-0.15, -0.1) is 0 Å². The summed E-state index contributed by atoms with van der Waals surface area (Å²) in [5.74, 6) is -0.356. The van der Waals surface area contributed by atoms with Crippen molar-refractivity contribution in [3.8, 4) is 0 Å². The summed E-state index contributed by atoms with van der Waals surface area (Å²) in [6.45, 7) is 0.176. The molecular formula is C9H9BrN2O3S. The van der Waals surface area contributed by atoms with E-state index in [2.05, 4.69) is 20.9 Å². The first kappa shape index (κ1) is 11.5. The lowest BCUT2D eigenvalue weighted by atomic mass is 10.4. The van der Waals surface area contributed by atoms with E-state index in [1.165, 1.54) is 4.90 Å². The molecule has 0 aromatic carbocycles. The molecule has 2 heterocycles. The summed E-state index contributed by atoms with van der Waals surface area (Å²) >= 11 is 3.24. The summed E-state index contributed by atoms with van der Waals surface area (Å²) < 4.78 is 23.2. The van der Waals surface area contributed by atoms with E-state index >= 15 is 0 Å². The zero-order valence-electron chi connectivity index (χ0n) is 8.26. The lowest BCUT2D eigenvalue weighted by Gasteiger charge is -2.25. The monoisotopic (exact) mass is 304 g/mol. The molecule has 5 nitrogen and oxygen atoms in total. The minimum Gasteiger partial charge on any atom is -0.295 e. The van der Waals surface area contributed by atoms with Crippen molar-refractivity contribution in [3.05, 3.63) is 22.8 Å². The molecular weight excluding hydrogens is 296 g/mol. The van der Waals surface area contributed by atoms with Crippen LogP contribution in [0.3, 0.4) is 0 Å². The van der Waals surface area contributed by atoms with Gasteiger partial charge in [0.05, 0.1) is 5.75 Å². The molecule has 16 heavy (non-hydrogen) atoms. The molecule has 1 saturated heterocycles. The van der Waals surface area contributed by atoms with Gasteiger partial charge in [-0.05, 0) is 28.1 Å². The van der Waals surface area contributed by atoms with Gasteiger partial charge < -0.3 is 0 Å².